The van der Waals surface area contributed by atoms with Crippen molar-refractivity contribution >= 4 is 22.6 Å². The number of carbonyl (C=O) groups is 1. The molecule has 1 aromatic heterocycles. The minimum Gasteiger partial charge on any atom is -0.448 e. The maximum Gasteiger partial charge on any atom is 0.410 e. The number of anilines is 1. The number of nitrogens with one attached hydrogen (secondary N) is 1. The Morgan fingerprint density at radius 3 is 3.07 bits per heavy atom. The fourth-order valence-corrected chi connectivity index (χ4v) is 1.86. The topological polar surface area (TPSA) is 67.3 Å². The lowest BCUT2D eigenvalue weighted by Gasteiger charge is -2.08. The van der Waals surface area contributed by atoms with E-state index in [0.29, 0.717) is 19.7 Å². The molecule has 0 radical (unpaired) electrons. The van der Waals surface area contributed by atoms with Gasteiger partial charge in [0.2, 0.25) is 5.13 Å². The molecule has 1 aliphatic heterocycles. The lowest BCUT2D eigenvalue weighted by molar-refractivity contribution is 0.157. The van der Waals surface area contributed by atoms with Crippen molar-refractivity contribution in [3.05, 3.63) is 5.01 Å². The number of hydrogen-bond donors (Lipinski definition) is 1. The lowest BCUT2D eigenvalue weighted by atomic mass is 10.5. The molecule has 2 rings (SSSR count). The summed E-state index contributed by atoms with van der Waals surface area (Å²) in [4.78, 5) is 12.7. The van der Waals surface area contributed by atoms with Crippen molar-refractivity contribution in [2.45, 2.75) is 6.54 Å². The van der Waals surface area contributed by atoms with E-state index in [1.54, 1.807) is 11.9 Å². The zero-order valence-corrected chi connectivity index (χ0v) is 8.50. The van der Waals surface area contributed by atoms with Crippen LogP contribution in [0.1, 0.15) is 5.01 Å². The SMILES string of the molecule is CNc1nnc(CN2CCOC2=O)s1. The largest absolute Gasteiger partial charge is 0.448 e. The number of carbonyl (C=O) groups excluding carboxylic acids is 1. The van der Waals surface area contributed by atoms with Gasteiger partial charge >= 0.3 is 6.09 Å². The second-order valence-corrected chi connectivity index (χ2v) is 3.85. The Balaban J connectivity index is 1.99. The first kappa shape index (κ1) is 9.20. The van der Waals surface area contributed by atoms with Crippen LogP contribution < -0.4 is 5.32 Å². The van der Waals surface area contributed by atoms with E-state index in [1.165, 1.54) is 11.3 Å². The van der Waals surface area contributed by atoms with Crippen LogP contribution in [-0.4, -0.2) is 41.4 Å². The van der Waals surface area contributed by atoms with E-state index in [0.717, 1.165) is 10.1 Å². The minimum atomic E-state index is -0.272. The molecule has 6 nitrogen and oxygen atoms in total. The van der Waals surface area contributed by atoms with Crippen molar-refractivity contribution in [3.8, 4) is 0 Å². The van der Waals surface area contributed by atoms with E-state index < -0.39 is 0 Å². The second-order valence-electron chi connectivity index (χ2n) is 2.79. The maximum absolute atomic E-state index is 11.1. The van der Waals surface area contributed by atoms with Gasteiger partial charge in [-0.1, -0.05) is 11.3 Å². The molecule has 0 spiro atoms. The van der Waals surface area contributed by atoms with Gasteiger partial charge in [-0.05, 0) is 0 Å². The van der Waals surface area contributed by atoms with Crippen molar-refractivity contribution in [2.24, 2.45) is 0 Å². The number of aromatic nitrogens is 2. The van der Waals surface area contributed by atoms with Crippen LogP contribution >= 0.6 is 11.3 Å². The van der Waals surface area contributed by atoms with Gasteiger partial charge in [0.15, 0.2) is 0 Å². The fraction of sp³-hybridized carbons (Fsp3) is 0.571. The number of cyclic esters (lactones) is 1. The van der Waals surface area contributed by atoms with Crippen LogP contribution in [-0.2, 0) is 11.3 Å². The van der Waals surface area contributed by atoms with Crippen molar-refractivity contribution in [3.63, 3.8) is 0 Å². The Morgan fingerprint density at radius 2 is 2.50 bits per heavy atom. The van der Waals surface area contributed by atoms with E-state index in [-0.39, 0.29) is 6.09 Å². The summed E-state index contributed by atoms with van der Waals surface area (Å²) in [6, 6.07) is 0. The average molecular weight is 214 g/mol. The molecule has 1 aliphatic rings. The van der Waals surface area contributed by atoms with E-state index in [1.807, 2.05) is 0 Å². The van der Waals surface area contributed by atoms with E-state index in [9.17, 15) is 4.79 Å². The average Bonchev–Trinajstić information content (AvgIpc) is 2.77. The summed E-state index contributed by atoms with van der Waals surface area (Å²) in [5.41, 5.74) is 0. The molecule has 0 saturated carbocycles. The van der Waals surface area contributed by atoms with Crippen molar-refractivity contribution < 1.29 is 9.53 Å². The molecule has 0 atom stereocenters. The zero-order chi connectivity index (χ0) is 9.97. The first-order chi connectivity index (χ1) is 6.79. The lowest BCUT2D eigenvalue weighted by Crippen LogP contribution is -2.23. The Kier molecular flexibility index (Phi) is 2.49. The van der Waals surface area contributed by atoms with Crippen LogP contribution in [0.2, 0.25) is 0 Å². The van der Waals surface area contributed by atoms with E-state index >= 15 is 0 Å². The highest BCUT2D eigenvalue weighted by molar-refractivity contribution is 7.15. The van der Waals surface area contributed by atoms with Crippen molar-refractivity contribution in [2.75, 3.05) is 25.5 Å². The molecule has 0 aliphatic carbocycles. The highest BCUT2D eigenvalue weighted by Crippen LogP contribution is 2.17. The second kappa shape index (κ2) is 3.79. The molecule has 76 valence electrons. The van der Waals surface area contributed by atoms with Gasteiger partial charge in [0.1, 0.15) is 11.6 Å². The molecule has 7 heteroatoms. The van der Waals surface area contributed by atoms with Crippen molar-refractivity contribution in [1.82, 2.24) is 15.1 Å². The summed E-state index contributed by atoms with van der Waals surface area (Å²) in [5, 5.41) is 12.3. The van der Waals surface area contributed by atoms with Crippen LogP contribution in [0.25, 0.3) is 0 Å². The van der Waals surface area contributed by atoms with Gasteiger partial charge in [-0.15, -0.1) is 10.2 Å². The summed E-state index contributed by atoms with van der Waals surface area (Å²) >= 11 is 1.44. The van der Waals surface area contributed by atoms with Gasteiger partial charge in [0.25, 0.3) is 0 Å². The Bertz CT molecular complexity index is 340. The molecule has 1 N–H and O–H groups in total. The summed E-state index contributed by atoms with van der Waals surface area (Å²) in [6.07, 6.45) is -0.272. The van der Waals surface area contributed by atoms with Crippen LogP contribution in [0, 0.1) is 0 Å². The standard InChI is InChI=1S/C7H10N4O2S/c1-8-6-10-9-5(14-6)4-11-2-3-13-7(11)12/h2-4H2,1H3,(H,8,10). The highest BCUT2D eigenvalue weighted by atomic mass is 32.1. The summed E-state index contributed by atoms with van der Waals surface area (Å²) in [5.74, 6) is 0. The molecule has 0 bridgehead atoms. The zero-order valence-electron chi connectivity index (χ0n) is 7.69. The molecule has 2 heterocycles. The molecule has 1 amide bonds. The van der Waals surface area contributed by atoms with E-state index in [4.69, 9.17) is 4.74 Å². The molecular formula is C7H10N4O2S. The van der Waals surface area contributed by atoms with Gasteiger partial charge in [-0.2, -0.15) is 0 Å². The number of amides is 1. The molecular weight excluding hydrogens is 204 g/mol. The quantitative estimate of drug-likeness (QED) is 0.795. The molecule has 14 heavy (non-hydrogen) atoms. The number of hydrogen-bond acceptors (Lipinski definition) is 6. The van der Waals surface area contributed by atoms with Crippen LogP contribution in [0.3, 0.4) is 0 Å². The summed E-state index contributed by atoms with van der Waals surface area (Å²) in [7, 11) is 1.79. The van der Waals surface area contributed by atoms with Crippen LogP contribution in [0.4, 0.5) is 9.93 Å². The van der Waals surface area contributed by atoms with Crippen LogP contribution in [0.5, 0.6) is 0 Å². The number of rotatable bonds is 3. The van der Waals surface area contributed by atoms with Gasteiger partial charge in [0.05, 0.1) is 13.1 Å². The van der Waals surface area contributed by atoms with Crippen molar-refractivity contribution in [1.29, 1.82) is 0 Å². The third-order valence-electron chi connectivity index (χ3n) is 1.85. The highest BCUT2D eigenvalue weighted by Gasteiger charge is 2.23. The third kappa shape index (κ3) is 1.77. The first-order valence-electron chi connectivity index (χ1n) is 4.21. The number of nitrogens with zero attached hydrogens (tertiary/aromatic N) is 3. The molecule has 1 saturated heterocycles. The normalized spacial score (nSPS) is 15.8. The maximum atomic E-state index is 11.1. The predicted molar refractivity (Wildman–Crippen MR) is 51.2 cm³/mol. The van der Waals surface area contributed by atoms with Crippen LogP contribution in [0.15, 0.2) is 0 Å². The molecule has 0 unspecified atom stereocenters. The Hall–Kier alpha value is -1.37. The molecule has 0 aromatic carbocycles. The van der Waals surface area contributed by atoms with Gasteiger partial charge in [-0.3, -0.25) is 4.90 Å². The van der Waals surface area contributed by atoms with Gasteiger partial charge < -0.3 is 10.1 Å². The minimum absolute atomic E-state index is 0.272. The first-order valence-corrected chi connectivity index (χ1v) is 5.03. The van der Waals surface area contributed by atoms with Gasteiger partial charge in [0, 0.05) is 7.05 Å². The molecule has 1 aromatic rings. The summed E-state index contributed by atoms with van der Waals surface area (Å²) in [6.45, 7) is 1.59. The monoisotopic (exact) mass is 214 g/mol. The smallest absolute Gasteiger partial charge is 0.410 e. The number of ether oxygens (including phenoxy) is 1. The summed E-state index contributed by atoms with van der Waals surface area (Å²) < 4.78 is 4.80. The predicted octanol–water partition coefficient (Wildman–Crippen LogP) is 0.532. The third-order valence-corrected chi connectivity index (χ3v) is 2.78. The van der Waals surface area contributed by atoms with E-state index in [2.05, 4.69) is 15.5 Å². The van der Waals surface area contributed by atoms with Gasteiger partial charge in [-0.25, -0.2) is 4.79 Å². The fourth-order valence-electron chi connectivity index (χ4n) is 1.15. The Morgan fingerprint density at radius 1 is 1.64 bits per heavy atom. The Labute approximate surface area is 84.9 Å². The molecule has 1 fully saturated rings.